The van der Waals surface area contributed by atoms with E-state index < -0.39 is 0 Å². The number of ether oxygens (including phenoxy) is 1. The first-order valence-corrected chi connectivity index (χ1v) is 8.02. The van der Waals surface area contributed by atoms with Gasteiger partial charge in [0, 0.05) is 32.3 Å². The van der Waals surface area contributed by atoms with Crippen molar-refractivity contribution in [1.29, 1.82) is 0 Å². The fraction of sp³-hybridized carbons (Fsp3) is 1.00. The van der Waals surface area contributed by atoms with Gasteiger partial charge in [-0.3, -0.25) is 4.90 Å². The Bertz CT molecular complexity index is 233. The fourth-order valence-electron chi connectivity index (χ4n) is 3.41. The summed E-state index contributed by atoms with van der Waals surface area (Å²) >= 11 is 0. The van der Waals surface area contributed by atoms with Crippen LogP contribution in [0.15, 0.2) is 0 Å². The molecule has 3 atom stereocenters. The lowest BCUT2D eigenvalue weighted by atomic mass is 9.80. The molecule has 3 unspecified atom stereocenters. The van der Waals surface area contributed by atoms with Gasteiger partial charge in [0.25, 0.3) is 0 Å². The molecule has 114 valence electrons. The molecule has 19 heavy (non-hydrogen) atoms. The molecule has 3 heteroatoms. The Morgan fingerprint density at radius 2 is 2.05 bits per heavy atom. The van der Waals surface area contributed by atoms with Crippen LogP contribution in [0.4, 0.5) is 0 Å². The molecule has 1 N–H and O–H groups in total. The molecule has 0 radical (unpaired) electrons. The summed E-state index contributed by atoms with van der Waals surface area (Å²) in [4.78, 5) is 2.66. The Hall–Kier alpha value is -0.120. The highest BCUT2D eigenvalue weighted by Crippen LogP contribution is 2.30. The average Bonchev–Trinajstić information content (AvgIpc) is 2.42. The van der Waals surface area contributed by atoms with E-state index in [2.05, 4.69) is 38.0 Å². The molecule has 0 amide bonds. The van der Waals surface area contributed by atoms with Crippen LogP contribution in [0.1, 0.15) is 46.5 Å². The van der Waals surface area contributed by atoms with Crippen LogP contribution in [0.2, 0.25) is 0 Å². The Kier molecular flexibility index (Phi) is 7.96. The van der Waals surface area contributed by atoms with Crippen molar-refractivity contribution in [2.45, 2.75) is 58.5 Å². The number of rotatable bonds is 8. The van der Waals surface area contributed by atoms with E-state index in [9.17, 15) is 0 Å². The third kappa shape index (κ3) is 5.41. The summed E-state index contributed by atoms with van der Waals surface area (Å²) in [6.07, 6.45) is 5.38. The molecule has 1 rings (SSSR count). The van der Waals surface area contributed by atoms with Crippen molar-refractivity contribution in [3.8, 4) is 0 Å². The average molecular weight is 270 g/mol. The summed E-state index contributed by atoms with van der Waals surface area (Å²) < 4.78 is 5.30. The van der Waals surface area contributed by atoms with Crippen LogP contribution in [0.3, 0.4) is 0 Å². The number of methoxy groups -OCH3 is 1. The molecule has 0 spiro atoms. The quantitative estimate of drug-likeness (QED) is 0.734. The van der Waals surface area contributed by atoms with Gasteiger partial charge in [-0.25, -0.2) is 0 Å². The number of hydrogen-bond donors (Lipinski definition) is 1. The Labute approximate surface area is 120 Å². The summed E-state index contributed by atoms with van der Waals surface area (Å²) in [5.41, 5.74) is 0. The third-order valence-corrected chi connectivity index (χ3v) is 4.52. The molecule has 1 fully saturated rings. The van der Waals surface area contributed by atoms with Crippen molar-refractivity contribution in [3.05, 3.63) is 0 Å². The van der Waals surface area contributed by atoms with Crippen LogP contribution in [-0.4, -0.2) is 50.8 Å². The van der Waals surface area contributed by atoms with Gasteiger partial charge in [0.1, 0.15) is 0 Å². The number of nitrogens with zero attached hydrogens (tertiary/aromatic N) is 1. The van der Waals surface area contributed by atoms with Gasteiger partial charge in [0.2, 0.25) is 0 Å². The molecule has 1 aliphatic rings. The van der Waals surface area contributed by atoms with Crippen LogP contribution in [0.25, 0.3) is 0 Å². The van der Waals surface area contributed by atoms with E-state index in [4.69, 9.17) is 4.74 Å². The second kappa shape index (κ2) is 8.93. The zero-order valence-electron chi connectivity index (χ0n) is 13.6. The predicted octanol–water partition coefficient (Wildman–Crippen LogP) is 2.76. The van der Waals surface area contributed by atoms with Gasteiger partial charge in [-0.05, 0) is 38.1 Å². The summed E-state index contributed by atoms with van der Waals surface area (Å²) in [7, 11) is 3.92. The summed E-state index contributed by atoms with van der Waals surface area (Å²) in [5.74, 6) is 1.63. The first kappa shape index (κ1) is 16.9. The maximum Gasteiger partial charge on any atom is 0.0589 e. The Morgan fingerprint density at radius 1 is 1.32 bits per heavy atom. The first-order chi connectivity index (χ1) is 9.12. The lowest BCUT2D eigenvalue weighted by Gasteiger charge is -2.43. The van der Waals surface area contributed by atoms with E-state index in [1.165, 1.54) is 32.2 Å². The van der Waals surface area contributed by atoms with E-state index in [0.29, 0.717) is 12.1 Å². The van der Waals surface area contributed by atoms with E-state index in [-0.39, 0.29) is 0 Å². The van der Waals surface area contributed by atoms with Crippen molar-refractivity contribution in [2.75, 3.05) is 33.9 Å². The molecule has 0 saturated heterocycles. The Morgan fingerprint density at radius 3 is 2.58 bits per heavy atom. The van der Waals surface area contributed by atoms with Crippen LogP contribution < -0.4 is 5.32 Å². The standard InChI is InChI=1S/C16H34N2O/c1-6-14-7-8-15(17-4)16(11-14)18(9-10-19-5)12-13(2)3/h13-17H,6-12H2,1-5H3. The minimum atomic E-state index is 0.651. The van der Waals surface area contributed by atoms with Crippen LogP contribution in [0, 0.1) is 11.8 Å². The molecule has 3 nitrogen and oxygen atoms in total. The van der Waals surface area contributed by atoms with Gasteiger partial charge in [-0.15, -0.1) is 0 Å². The molecule has 0 aromatic carbocycles. The summed E-state index contributed by atoms with van der Waals surface area (Å²) in [5, 5.41) is 3.55. The summed E-state index contributed by atoms with van der Waals surface area (Å²) in [6.45, 7) is 10.1. The highest BCUT2D eigenvalue weighted by molar-refractivity contribution is 4.90. The maximum absolute atomic E-state index is 5.30. The molecule has 0 aromatic rings. The predicted molar refractivity (Wildman–Crippen MR) is 82.6 cm³/mol. The maximum atomic E-state index is 5.30. The van der Waals surface area contributed by atoms with Gasteiger partial charge in [-0.1, -0.05) is 27.2 Å². The molecular weight excluding hydrogens is 236 g/mol. The minimum Gasteiger partial charge on any atom is -0.383 e. The van der Waals surface area contributed by atoms with Crippen molar-refractivity contribution in [2.24, 2.45) is 11.8 Å². The van der Waals surface area contributed by atoms with Crippen molar-refractivity contribution < 1.29 is 4.74 Å². The number of nitrogens with one attached hydrogen (secondary N) is 1. The van der Waals surface area contributed by atoms with Gasteiger partial charge < -0.3 is 10.1 Å². The van der Waals surface area contributed by atoms with Gasteiger partial charge in [0.05, 0.1) is 6.61 Å². The SMILES string of the molecule is CCC1CCC(NC)C(N(CCOC)CC(C)C)C1. The molecule has 1 aliphatic carbocycles. The molecule has 1 saturated carbocycles. The topological polar surface area (TPSA) is 24.5 Å². The largest absolute Gasteiger partial charge is 0.383 e. The lowest BCUT2D eigenvalue weighted by Crippen LogP contribution is -2.54. The third-order valence-electron chi connectivity index (χ3n) is 4.52. The first-order valence-electron chi connectivity index (χ1n) is 8.02. The second-order valence-electron chi connectivity index (χ2n) is 6.43. The van der Waals surface area contributed by atoms with E-state index in [0.717, 1.165) is 25.0 Å². The minimum absolute atomic E-state index is 0.651. The van der Waals surface area contributed by atoms with E-state index in [1.54, 1.807) is 7.11 Å². The second-order valence-corrected chi connectivity index (χ2v) is 6.43. The van der Waals surface area contributed by atoms with Crippen molar-refractivity contribution >= 4 is 0 Å². The van der Waals surface area contributed by atoms with Gasteiger partial charge in [0.15, 0.2) is 0 Å². The van der Waals surface area contributed by atoms with Crippen molar-refractivity contribution in [1.82, 2.24) is 10.2 Å². The Balaban J connectivity index is 2.69. The summed E-state index contributed by atoms with van der Waals surface area (Å²) in [6, 6.07) is 1.33. The fourth-order valence-corrected chi connectivity index (χ4v) is 3.41. The number of hydrogen-bond acceptors (Lipinski definition) is 3. The monoisotopic (exact) mass is 270 g/mol. The van der Waals surface area contributed by atoms with Crippen LogP contribution in [-0.2, 0) is 4.74 Å². The van der Waals surface area contributed by atoms with Crippen LogP contribution in [0.5, 0.6) is 0 Å². The lowest BCUT2D eigenvalue weighted by molar-refractivity contribution is 0.0609. The highest BCUT2D eigenvalue weighted by Gasteiger charge is 2.32. The molecular formula is C16H34N2O. The van der Waals surface area contributed by atoms with Crippen LogP contribution >= 0.6 is 0 Å². The van der Waals surface area contributed by atoms with E-state index in [1.807, 2.05) is 0 Å². The van der Waals surface area contributed by atoms with E-state index >= 15 is 0 Å². The zero-order chi connectivity index (χ0) is 14.3. The smallest absolute Gasteiger partial charge is 0.0589 e. The van der Waals surface area contributed by atoms with Crippen molar-refractivity contribution in [3.63, 3.8) is 0 Å². The number of likely N-dealkylation sites (N-methyl/N-ethyl adjacent to an activating group) is 1. The zero-order valence-corrected chi connectivity index (χ0v) is 13.6. The van der Waals surface area contributed by atoms with Gasteiger partial charge in [-0.2, -0.15) is 0 Å². The van der Waals surface area contributed by atoms with Gasteiger partial charge >= 0.3 is 0 Å². The highest BCUT2D eigenvalue weighted by atomic mass is 16.5. The molecule has 0 bridgehead atoms. The molecule has 0 heterocycles. The normalized spacial score (nSPS) is 28.3. The molecule has 0 aromatic heterocycles. The molecule has 0 aliphatic heterocycles.